The van der Waals surface area contributed by atoms with Gasteiger partial charge >= 0.3 is 0 Å². The van der Waals surface area contributed by atoms with Crippen molar-refractivity contribution >= 4 is 23.6 Å². The fourth-order valence-electron chi connectivity index (χ4n) is 2.15. The number of carbonyl (C=O) groups is 1. The van der Waals surface area contributed by atoms with Crippen LogP contribution in [0.15, 0.2) is 54.6 Å². The van der Waals surface area contributed by atoms with Crippen molar-refractivity contribution in [1.82, 2.24) is 5.32 Å². The van der Waals surface area contributed by atoms with Crippen molar-refractivity contribution < 1.29 is 4.79 Å². The van der Waals surface area contributed by atoms with E-state index in [1.165, 1.54) is 11.6 Å². The molecule has 0 bridgehead atoms. The predicted octanol–water partition coefficient (Wildman–Crippen LogP) is 4.97. The van der Waals surface area contributed by atoms with Gasteiger partial charge in [0.15, 0.2) is 0 Å². The Morgan fingerprint density at radius 3 is 2.43 bits per heavy atom. The zero-order valence-corrected chi connectivity index (χ0v) is 14.5. The van der Waals surface area contributed by atoms with E-state index in [9.17, 15) is 4.79 Å². The monoisotopic (exact) mass is 327 g/mol. The molecule has 2 aromatic carbocycles. The number of nitrogens with one attached hydrogen (secondary N) is 1. The lowest BCUT2D eigenvalue weighted by atomic mass is 9.87. The number of halogens is 1. The van der Waals surface area contributed by atoms with Crippen molar-refractivity contribution in [3.63, 3.8) is 0 Å². The lowest BCUT2D eigenvalue weighted by molar-refractivity contribution is -0.116. The van der Waals surface area contributed by atoms with E-state index in [-0.39, 0.29) is 11.3 Å². The maximum Gasteiger partial charge on any atom is 0.244 e. The molecule has 0 fully saturated rings. The smallest absolute Gasteiger partial charge is 0.244 e. The summed E-state index contributed by atoms with van der Waals surface area (Å²) in [5.41, 5.74) is 3.42. The van der Waals surface area contributed by atoms with Crippen LogP contribution in [0, 0.1) is 0 Å². The zero-order valence-electron chi connectivity index (χ0n) is 13.8. The SMILES string of the molecule is CC(C)(C)c1ccc(CNC(=O)/C=C/c2cccc(Cl)c2)cc1. The van der Waals surface area contributed by atoms with Crippen LogP contribution in [0.3, 0.4) is 0 Å². The summed E-state index contributed by atoms with van der Waals surface area (Å²) in [6, 6.07) is 15.7. The second kappa shape index (κ2) is 7.47. The van der Waals surface area contributed by atoms with Crippen molar-refractivity contribution in [2.75, 3.05) is 0 Å². The van der Waals surface area contributed by atoms with Crippen molar-refractivity contribution in [3.05, 3.63) is 76.3 Å². The van der Waals surface area contributed by atoms with E-state index < -0.39 is 0 Å². The first kappa shape index (κ1) is 17.3. The van der Waals surface area contributed by atoms with E-state index >= 15 is 0 Å². The van der Waals surface area contributed by atoms with E-state index in [1.807, 2.05) is 18.2 Å². The van der Waals surface area contributed by atoms with Gasteiger partial charge in [-0.1, -0.05) is 68.8 Å². The Bertz CT molecular complexity index is 696. The molecule has 0 spiro atoms. The topological polar surface area (TPSA) is 29.1 Å². The Morgan fingerprint density at radius 2 is 1.83 bits per heavy atom. The molecule has 2 nitrogen and oxygen atoms in total. The molecule has 0 aliphatic heterocycles. The van der Waals surface area contributed by atoms with Gasteiger partial charge in [0.05, 0.1) is 0 Å². The van der Waals surface area contributed by atoms with Gasteiger partial charge in [-0.25, -0.2) is 0 Å². The summed E-state index contributed by atoms with van der Waals surface area (Å²) >= 11 is 5.91. The lowest BCUT2D eigenvalue weighted by Crippen LogP contribution is -2.20. The average molecular weight is 328 g/mol. The highest BCUT2D eigenvalue weighted by Gasteiger charge is 2.12. The summed E-state index contributed by atoms with van der Waals surface area (Å²) in [5.74, 6) is -0.120. The third-order valence-electron chi connectivity index (χ3n) is 3.56. The van der Waals surface area contributed by atoms with Gasteiger partial charge in [-0.05, 0) is 40.3 Å². The van der Waals surface area contributed by atoms with Gasteiger partial charge in [-0.15, -0.1) is 0 Å². The van der Waals surface area contributed by atoms with E-state index in [0.717, 1.165) is 11.1 Å². The minimum atomic E-state index is -0.120. The summed E-state index contributed by atoms with van der Waals surface area (Å²) in [7, 11) is 0. The van der Waals surface area contributed by atoms with Crippen molar-refractivity contribution in [2.45, 2.75) is 32.7 Å². The van der Waals surface area contributed by atoms with Crippen LogP contribution >= 0.6 is 11.6 Å². The number of rotatable bonds is 4. The van der Waals surface area contributed by atoms with Gasteiger partial charge in [0.25, 0.3) is 0 Å². The van der Waals surface area contributed by atoms with Crippen LogP contribution in [0.2, 0.25) is 5.02 Å². The normalized spacial score (nSPS) is 11.7. The largest absolute Gasteiger partial charge is 0.348 e. The molecular weight excluding hydrogens is 306 g/mol. The van der Waals surface area contributed by atoms with Crippen LogP contribution in [0.1, 0.15) is 37.5 Å². The van der Waals surface area contributed by atoms with Crippen molar-refractivity contribution in [2.24, 2.45) is 0 Å². The van der Waals surface area contributed by atoms with Gasteiger partial charge < -0.3 is 5.32 Å². The number of hydrogen-bond acceptors (Lipinski definition) is 1. The number of amides is 1. The molecule has 2 rings (SSSR count). The van der Waals surface area contributed by atoms with E-state index in [0.29, 0.717) is 11.6 Å². The quantitative estimate of drug-likeness (QED) is 0.789. The molecule has 1 amide bonds. The van der Waals surface area contributed by atoms with E-state index in [1.54, 1.807) is 12.1 Å². The molecule has 2 aromatic rings. The molecule has 0 aliphatic rings. The first-order valence-electron chi connectivity index (χ1n) is 7.65. The van der Waals surface area contributed by atoms with E-state index in [2.05, 4.69) is 50.4 Å². The Labute approximate surface area is 143 Å². The van der Waals surface area contributed by atoms with Crippen LogP contribution in [-0.2, 0) is 16.8 Å². The maximum atomic E-state index is 11.9. The third kappa shape index (κ3) is 5.57. The fraction of sp³-hybridized carbons (Fsp3) is 0.250. The molecular formula is C20H22ClNO. The van der Waals surface area contributed by atoms with Crippen LogP contribution in [0.5, 0.6) is 0 Å². The maximum absolute atomic E-state index is 11.9. The van der Waals surface area contributed by atoms with Crippen LogP contribution in [-0.4, -0.2) is 5.91 Å². The highest BCUT2D eigenvalue weighted by atomic mass is 35.5. The summed E-state index contributed by atoms with van der Waals surface area (Å²) in [6.07, 6.45) is 3.28. The molecule has 0 heterocycles. The fourth-order valence-corrected chi connectivity index (χ4v) is 2.35. The Kier molecular flexibility index (Phi) is 5.62. The van der Waals surface area contributed by atoms with Crippen LogP contribution in [0.25, 0.3) is 6.08 Å². The summed E-state index contributed by atoms with van der Waals surface area (Å²) in [4.78, 5) is 11.9. The standard InChI is InChI=1S/C20H22ClNO/c1-20(2,3)17-10-7-16(8-11-17)14-22-19(23)12-9-15-5-4-6-18(21)13-15/h4-13H,14H2,1-3H3,(H,22,23)/b12-9+. The molecule has 120 valence electrons. The molecule has 3 heteroatoms. The highest BCUT2D eigenvalue weighted by Crippen LogP contribution is 2.22. The van der Waals surface area contributed by atoms with Gasteiger partial charge in [-0.3, -0.25) is 4.79 Å². The van der Waals surface area contributed by atoms with E-state index in [4.69, 9.17) is 11.6 Å². The minimum Gasteiger partial charge on any atom is -0.348 e. The third-order valence-corrected chi connectivity index (χ3v) is 3.80. The lowest BCUT2D eigenvalue weighted by Gasteiger charge is -2.19. The first-order valence-corrected chi connectivity index (χ1v) is 8.03. The molecule has 0 unspecified atom stereocenters. The van der Waals surface area contributed by atoms with Gasteiger partial charge in [0, 0.05) is 17.6 Å². The molecule has 0 saturated carbocycles. The summed E-state index contributed by atoms with van der Waals surface area (Å²) in [6.45, 7) is 7.07. The second-order valence-corrected chi connectivity index (χ2v) is 6.99. The highest BCUT2D eigenvalue weighted by molar-refractivity contribution is 6.30. The minimum absolute atomic E-state index is 0.120. The molecule has 0 aromatic heterocycles. The Hall–Kier alpha value is -2.06. The molecule has 0 saturated heterocycles. The van der Waals surface area contributed by atoms with Gasteiger partial charge in [-0.2, -0.15) is 0 Å². The number of carbonyl (C=O) groups excluding carboxylic acids is 1. The zero-order chi connectivity index (χ0) is 16.9. The number of hydrogen-bond donors (Lipinski definition) is 1. The van der Waals surface area contributed by atoms with Crippen LogP contribution < -0.4 is 5.32 Å². The summed E-state index contributed by atoms with van der Waals surface area (Å²) in [5, 5.41) is 3.54. The number of benzene rings is 2. The molecule has 0 aliphatic carbocycles. The summed E-state index contributed by atoms with van der Waals surface area (Å²) < 4.78 is 0. The molecule has 23 heavy (non-hydrogen) atoms. The van der Waals surface area contributed by atoms with Gasteiger partial charge in [0.1, 0.15) is 0 Å². The molecule has 0 atom stereocenters. The second-order valence-electron chi connectivity index (χ2n) is 6.55. The Morgan fingerprint density at radius 1 is 1.13 bits per heavy atom. The average Bonchev–Trinajstić information content (AvgIpc) is 2.50. The van der Waals surface area contributed by atoms with Crippen molar-refractivity contribution in [3.8, 4) is 0 Å². The van der Waals surface area contributed by atoms with Gasteiger partial charge in [0.2, 0.25) is 5.91 Å². The Balaban J connectivity index is 1.89. The van der Waals surface area contributed by atoms with Crippen LogP contribution in [0.4, 0.5) is 0 Å². The predicted molar refractivity (Wildman–Crippen MR) is 97.5 cm³/mol. The molecule has 1 N–H and O–H groups in total. The molecule has 0 radical (unpaired) electrons. The first-order chi connectivity index (χ1) is 10.8. The van der Waals surface area contributed by atoms with Crippen molar-refractivity contribution in [1.29, 1.82) is 0 Å².